The quantitative estimate of drug-likeness (QED) is 0.0561. The average molecular weight is 697 g/mol. The molecular formula is C34H76N6O4S2. The normalized spacial score (nSPS) is 12.4. The molecule has 0 saturated carbocycles. The van der Waals surface area contributed by atoms with Gasteiger partial charge in [-0.2, -0.15) is 0 Å². The van der Waals surface area contributed by atoms with Crippen LogP contribution in [0, 0.1) is 0 Å². The minimum atomic E-state index is -3.23. The van der Waals surface area contributed by atoms with E-state index in [2.05, 4.69) is 38.8 Å². The summed E-state index contributed by atoms with van der Waals surface area (Å²) >= 11 is 0. The maximum Gasteiger partial charge on any atom is 0.211 e. The van der Waals surface area contributed by atoms with Crippen LogP contribution in [0.25, 0.3) is 0 Å². The predicted molar refractivity (Wildman–Crippen MR) is 199 cm³/mol. The lowest BCUT2D eigenvalue weighted by molar-refractivity contribution is 0.263. The van der Waals surface area contributed by atoms with Crippen molar-refractivity contribution < 1.29 is 16.8 Å². The van der Waals surface area contributed by atoms with Crippen molar-refractivity contribution in [1.82, 2.24) is 25.0 Å². The number of hydrogen-bond acceptors (Lipinski definition) is 8. The molecule has 0 fully saturated rings. The summed E-state index contributed by atoms with van der Waals surface area (Å²) in [7, 11) is -6.47. The van der Waals surface area contributed by atoms with Gasteiger partial charge in [0.1, 0.15) is 0 Å². The Morgan fingerprint density at radius 1 is 0.435 bits per heavy atom. The van der Waals surface area contributed by atoms with Crippen LogP contribution in [0.5, 0.6) is 0 Å². The molecule has 0 aromatic carbocycles. The highest BCUT2D eigenvalue weighted by Crippen LogP contribution is 2.09. The fourth-order valence-electron chi connectivity index (χ4n) is 5.44. The summed E-state index contributed by atoms with van der Waals surface area (Å²) < 4.78 is 55.4. The lowest BCUT2D eigenvalue weighted by Gasteiger charge is -2.22. The van der Waals surface area contributed by atoms with Crippen LogP contribution in [0.2, 0.25) is 0 Å². The highest BCUT2D eigenvalue weighted by Gasteiger charge is 2.12. The van der Waals surface area contributed by atoms with Crippen molar-refractivity contribution in [3.8, 4) is 0 Å². The summed E-state index contributed by atoms with van der Waals surface area (Å²) in [4.78, 5) is 2.35. The van der Waals surface area contributed by atoms with Crippen molar-refractivity contribution in [3.05, 3.63) is 0 Å². The Morgan fingerprint density at radius 3 is 1.20 bits per heavy atom. The standard InChI is InChI=1S/C34H76N6O4S2/c1-3-5-7-9-11-13-17-33-45(41,42)38-28-21-31-40(30-20-27-37-25-16-15-24-36-26-19-23-35)32-22-29-39-46(43,44)34-18-14-12-10-8-6-4-2/h36-39H,3-35H2,1-2H3. The van der Waals surface area contributed by atoms with Crippen molar-refractivity contribution in [2.24, 2.45) is 5.73 Å². The summed E-state index contributed by atoms with van der Waals surface area (Å²) in [5, 5.41) is 6.95. The lowest BCUT2D eigenvalue weighted by atomic mass is 10.1. The maximum absolute atomic E-state index is 12.4. The first kappa shape index (κ1) is 45.7. The molecule has 0 heterocycles. The largest absolute Gasteiger partial charge is 0.330 e. The second kappa shape index (κ2) is 33.2. The van der Waals surface area contributed by atoms with Crippen LogP contribution < -0.4 is 25.8 Å². The van der Waals surface area contributed by atoms with Crippen LogP contribution in [0.4, 0.5) is 0 Å². The molecule has 0 aliphatic rings. The number of nitrogens with two attached hydrogens (primary N) is 1. The van der Waals surface area contributed by atoms with E-state index in [1.807, 2.05) is 0 Å². The van der Waals surface area contributed by atoms with Crippen molar-refractivity contribution in [2.45, 2.75) is 142 Å². The van der Waals surface area contributed by atoms with Gasteiger partial charge < -0.3 is 21.3 Å². The van der Waals surface area contributed by atoms with E-state index in [9.17, 15) is 16.8 Å². The van der Waals surface area contributed by atoms with Gasteiger partial charge in [-0.05, 0) is 104 Å². The molecule has 278 valence electrons. The van der Waals surface area contributed by atoms with Crippen LogP contribution in [0.1, 0.15) is 142 Å². The lowest BCUT2D eigenvalue weighted by Crippen LogP contribution is -2.35. The van der Waals surface area contributed by atoms with Gasteiger partial charge in [0, 0.05) is 13.1 Å². The number of hydrogen-bond donors (Lipinski definition) is 5. The number of nitrogens with one attached hydrogen (secondary N) is 4. The van der Waals surface area contributed by atoms with Crippen LogP contribution in [-0.4, -0.2) is 98.7 Å². The zero-order valence-corrected chi connectivity index (χ0v) is 31.7. The molecule has 0 saturated heterocycles. The summed E-state index contributed by atoms with van der Waals surface area (Å²) in [5.41, 5.74) is 5.52. The molecule has 0 aromatic rings. The van der Waals surface area contributed by atoms with Gasteiger partial charge in [-0.15, -0.1) is 0 Å². The third-order valence-corrected chi connectivity index (χ3v) is 11.3. The number of rotatable bonds is 38. The monoisotopic (exact) mass is 697 g/mol. The Hall–Kier alpha value is -0.340. The Bertz CT molecular complexity index is 791. The Morgan fingerprint density at radius 2 is 0.783 bits per heavy atom. The van der Waals surface area contributed by atoms with Crippen LogP contribution >= 0.6 is 0 Å². The highest BCUT2D eigenvalue weighted by molar-refractivity contribution is 7.89. The Kier molecular flexibility index (Phi) is 32.9. The Balaban J connectivity index is 4.38. The van der Waals surface area contributed by atoms with Gasteiger partial charge in [0.15, 0.2) is 0 Å². The second-order valence-electron chi connectivity index (χ2n) is 12.9. The van der Waals surface area contributed by atoms with Crippen molar-refractivity contribution in [2.75, 3.05) is 77.0 Å². The van der Waals surface area contributed by atoms with Gasteiger partial charge in [-0.3, -0.25) is 0 Å². The number of nitrogens with zero attached hydrogens (tertiary/aromatic N) is 1. The number of sulfonamides is 2. The molecule has 0 aromatic heterocycles. The molecular weight excluding hydrogens is 621 g/mol. The molecule has 0 unspecified atom stereocenters. The summed E-state index contributed by atoms with van der Waals surface area (Å²) in [6.45, 7) is 12.5. The van der Waals surface area contributed by atoms with E-state index in [1.54, 1.807) is 0 Å². The van der Waals surface area contributed by atoms with E-state index in [4.69, 9.17) is 5.73 Å². The minimum Gasteiger partial charge on any atom is -0.330 e. The van der Waals surface area contributed by atoms with E-state index in [-0.39, 0.29) is 11.5 Å². The number of unbranched alkanes of at least 4 members (excludes halogenated alkanes) is 13. The fraction of sp³-hybridized carbons (Fsp3) is 1.00. The zero-order chi connectivity index (χ0) is 34.0. The summed E-state index contributed by atoms with van der Waals surface area (Å²) in [6, 6.07) is 0. The first-order valence-corrected chi connectivity index (χ1v) is 22.3. The molecule has 0 aliphatic heterocycles. The fourth-order valence-corrected chi connectivity index (χ4v) is 7.81. The van der Waals surface area contributed by atoms with Gasteiger partial charge in [-0.1, -0.05) is 90.9 Å². The third-order valence-electron chi connectivity index (χ3n) is 8.32. The van der Waals surface area contributed by atoms with E-state index >= 15 is 0 Å². The van der Waals surface area contributed by atoms with Gasteiger partial charge in [0.25, 0.3) is 0 Å². The third kappa shape index (κ3) is 33.6. The first-order valence-electron chi connectivity index (χ1n) is 19.0. The minimum absolute atomic E-state index is 0.207. The topological polar surface area (TPSA) is 146 Å². The summed E-state index contributed by atoms with van der Waals surface area (Å²) in [6.07, 6.45) is 21.2. The summed E-state index contributed by atoms with van der Waals surface area (Å²) in [5.74, 6) is 0.415. The molecule has 0 rings (SSSR count). The maximum atomic E-state index is 12.4. The molecule has 0 spiro atoms. The smallest absolute Gasteiger partial charge is 0.211 e. The second-order valence-corrected chi connectivity index (χ2v) is 16.8. The molecule has 0 aliphatic carbocycles. The molecule has 0 atom stereocenters. The van der Waals surface area contributed by atoms with E-state index in [1.165, 1.54) is 51.4 Å². The van der Waals surface area contributed by atoms with Crippen molar-refractivity contribution in [3.63, 3.8) is 0 Å². The SMILES string of the molecule is CCCCCCCCCS(=O)(=O)NCCCN(CCCNCCCCNCCCN)CCCNS(=O)(=O)CCCCCCCCC. The molecule has 0 radical (unpaired) electrons. The van der Waals surface area contributed by atoms with Crippen LogP contribution in [0.3, 0.4) is 0 Å². The molecule has 0 amide bonds. The first-order chi connectivity index (χ1) is 22.3. The van der Waals surface area contributed by atoms with Crippen LogP contribution in [-0.2, 0) is 20.0 Å². The van der Waals surface area contributed by atoms with Gasteiger partial charge in [0.05, 0.1) is 11.5 Å². The van der Waals surface area contributed by atoms with Crippen LogP contribution in [0.15, 0.2) is 0 Å². The van der Waals surface area contributed by atoms with Gasteiger partial charge in [-0.25, -0.2) is 26.3 Å². The van der Waals surface area contributed by atoms with E-state index in [0.29, 0.717) is 13.1 Å². The molecule has 46 heavy (non-hydrogen) atoms. The molecule has 0 bridgehead atoms. The van der Waals surface area contributed by atoms with Crippen molar-refractivity contribution >= 4 is 20.0 Å². The van der Waals surface area contributed by atoms with E-state index in [0.717, 1.165) is 129 Å². The van der Waals surface area contributed by atoms with E-state index < -0.39 is 20.0 Å². The zero-order valence-electron chi connectivity index (χ0n) is 30.1. The van der Waals surface area contributed by atoms with Gasteiger partial charge in [0.2, 0.25) is 20.0 Å². The highest BCUT2D eigenvalue weighted by atomic mass is 32.2. The van der Waals surface area contributed by atoms with Crippen molar-refractivity contribution in [1.29, 1.82) is 0 Å². The Labute approximate surface area is 286 Å². The molecule has 10 nitrogen and oxygen atoms in total. The molecule has 6 N–H and O–H groups in total. The predicted octanol–water partition coefficient (Wildman–Crippen LogP) is 5.11. The average Bonchev–Trinajstić information content (AvgIpc) is 3.02. The van der Waals surface area contributed by atoms with Gasteiger partial charge >= 0.3 is 0 Å². The molecule has 12 heteroatoms.